The Hall–Kier alpha value is -1.28. The zero-order valence-electron chi connectivity index (χ0n) is 10.5. The van der Waals surface area contributed by atoms with Crippen molar-refractivity contribution in [1.82, 2.24) is 9.97 Å². The molecule has 1 unspecified atom stereocenters. The van der Waals surface area contributed by atoms with E-state index in [1.165, 1.54) is 30.0 Å². The largest absolute Gasteiger partial charge is 0.465 e. The first-order chi connectivity index (χ1) is 9.06. The molecule has 1 aliphatic heterocycles. The number of nitrogens with zero attached hydrogens (tertiary/aromatic N) is 3. The Morgan fingerprint density at radius 2 is 2.37 bits per heavy atom. The molecule has 0 aromatic carbocycles. The van der Waals surface area contributed by atoms with E-state index in [2.05, 4.69) is 27.3 Å². The third-order valence-electron chi connectivity index (χ3n) is 2.69. The van der Waals surface area contributed by atoms with Crippen molar-refractivity contribution in [3.8, 4) is 0 Å². The number of thioether (sulfide) groups is 1. The van der Waals surface area contributed by atoms with Crippen LogP contribution in [0.25, 0.3) is 0 Å². The summed E-state index contributed by atoms with van der Waals surface area (Å²) in [7, 11) is 1.28. The van der Waals surface area contributed by atoms with Gasteiger partial charge in [-0.1, -0.05) is 11.8 Å². The highest BCUT2D eigenvalue weighted by Crippen LogP contribution is 2.27. The summed E-state index contributed by atoms with van der Waals surface area (Å²) in [5, 5.41) is 0.448. The Kier molecular flexibility index (Phi) is 4.31. The van der Waals surface area contributed by atoms with Gasteiger partial charge in [0, 0.05) is 24.4 Å². The fourth-order valence-corrected chi connectivity index (χ4v) is 2.46. The van der Waals surface area contributed by atoms with Crippen molar-refractivity contribution in [2.24, 2.45) is 0 Å². The third-order valence-corrected chi connectivity index (χ3v) is 3.60. The smallest absolute Gasteiger partial charge is 0.343 e. The van der Waals surface area contributed by atoms with E-state index in [0.717, 1.165) is 0 Å². The molecule has 6 nitrogen and oxygen atoms in total. The number of carbonyl (C=O) groups is 2. The molecule has 1 aromatic rings. The van der Waals surface area contributed by atoms with E-state index in [9.17, 15) is 9.59 Å². The van der Waals surface area contributed by atoms with Gasteiger partial charge in [0.1, 0.15) is 5.56 Å². The number of esters is 1. The lowest BCUT2D eigenvalue weighted by molar-refractivity contribution is -0.117. The summed E-state index contributed by atoms with van der Waals surface area (Å²) in [6.07, 6.45) is 3.55. The van der Waals surface area contributed by atoms with Crippen molar-refractivity contribution < 1.29 is 14.3 Å². The lowest BCUT2D eigenvalue weighted by Gasteiger charge is -2.17. The van der Waals surface area contributed by atoms with Gasteiger partial charge >= 0.3 is 5.97 Å². The molecule has 0 aliphatic carbocycles. The summed E-state index contributed by atoms with van der Waals surface area (Å²) in [5.74, 6) is -0.360. The number of aromatic nitrogens is 2. The molecule has 0 saturated carbocycles. The highest BCUT2D eigenvalue weighted by atomic mass is 32.2. The quantitative estimate of drug-likeness (QED) is 0.389. The number of methoxy groups -OCH3 is 1. The van der Waals surface area contributed by atoms with Crippen LogP contribution < -0.4 is 4.90 Å². The lowest BCUT2D eigenvalue weighted by Crippen LogP contribution is -2.28. The van der Waals surface area contributed by atoms with Crippen LogP contribution in [0.15, 0.2) is 11.4 Å². The number of amides is 1. The normalized spacial score (nSPS) is 18.8. The summed E-state index contributed by atoms with van der Waals surface area (Å²) in [6, 6.07) is 0. The predicted molar refractivity (Wildman–Crippen MR) is 74.9 cm³/mol. The third kappa shape index (κ3) is 2.84. The van der Waals surface area contributed by atoms with Gasteiger partial charge < -0.3 is 4.74 Å². The van der Waals surface area contributed by atoms with Crippen LogP contribution in [0.2, 0.25) is 0 Å². The van der Waals surface area contributed by atoms with Gasteiger partial charge in [-0.05, 0) is 6.26 Å². The van der Waals surface area contributed by atoms with Gasteiger partial charge in [0.2, 0.25) is 5.91 Å². The van der Waals surface area contributed by atoms with Crippen molar-refractivity contribution in [1.29, 1.82) is 0 Å². The van der Waals surface area contributed by atoms with Gasteiger partial charge in [-0.15, -0.1) is 0 Å². The molecule has 2 heterocycles. The van der Waals surface area contributed by atoms with E-state index >= 15 is 0 Å². The zero-order valence-corrected chi connectivity index (χ0v) is 12.2. The van der Waals surface area contributed by atoms with E-state index in [1.54, 1.807) is 0 Å². The number of hydrogen-bond acceptors (Lipinski definition) is 7. The van der Waals surface area contributed by atoms with Crippen LogP contribution in [0, 0.1) is 0 Å². The molecule has 19 heavy (non-hydrogen) atoms. The first-order valence-corrected chi connectivity index (χ1v) is 7.28. The lowest BCUT2D eigenvalue weighted by atomic mass is 10.3. The molecule has 102 valence electrons. The fourth-order valence-electron chi connectivity index (χ4n) is 1.81. The van der Waals surface area contributed by atoms with Gasteiger partial charge in [0.25, 0.3) is 0 Å². The number of hydrogen-bond donors (Lipinski definition) is 1. The second-order valence-electron chi connectivity index (χ2n) is 3.95. The number of thiol groups is 1. The van der Waals surface area contributed by atoms with Crippen LogP contribution in [-0.4, -0.2) is 47.0 Å². The number of ether oxygens (including phenoxy) is 1. The molecule has 1 saturated heterocycles. The molecule has 8 heteroatoms. The van der Waals surface area contributed by atoms with Crippen molar-refractivity contribution in [3.05, 3.63) is 11.8 Å². The summed E-state index contributed by atoms with van der Waals surface area (Å²) in [5.41, 5.74) is 0.191. The van der Waals surface area contributed by atoms with E-state index in [1.807, 2.05) is 6.26 Å². The molecule has 0 N–H and O–H groups in total. The Labute approximate surface area is 120 Å². The monoisotopic (exact) mass is 299 g/mol. The molecular formula is C11H13N3O3S2. The number of carbonyl (C=O) groups excluding carboxylic acids is 2. The SMILES string of the molecule is COC(=O)c1cnc(SC)nc1N1CC(S)CC1=O. The second kappa shape index (κ2) is 5.79. The van der Waals surface area contributed by atoms with Gasteiger partial charge in [-0.3, -0.25) is 9.69 Å². The minimum absolute atomic E-state index is 0.0503. The standard InChI is InChI=1S/C11H13N3O3S2/c1-17-10(16)7-4-12-11(19-2)13-9(7)14-5-6(18)3-8(14)15/h4,6,18H,3,5H2,1-2H3. The average molecular weight is 299 g/mol. The number of anilines is 1. The van der Waals surface area contributed by atoms with Crippen LogP contribution >= 0.6 is 24.4 Å². The first kappa shape index (κ1) is 14.1. The maximum Gasteiger partial charge on any atom is 0.343 e. The highest BCUT2D eigenvalue weighted by molar-refractivity contribution is 7.98. The van der Waals surface area contributed by atoms with E-state index in [-0.39, 0.29) is 16.7 Å². The highest BCUT2D eigenvalue weighted by Gasteiger charge is 2.32. The zero-order chi connectivity index (χ0) is 14.0. The van der Waals surface area contributed by atoms with Crippen molar-refractivity contribution in [2.45, 2.75) is 16.8 Å². The minimum atomic E-state index is -0.557. The van der Waals surface area contributed by atoms with Crippen LogP contribution in [-0.2, 0) is 9.53 Å². The molecule has 1 atom stereocenters. The average Bonchev–Trinajstić information content (AvgIpc) is 2.76. The topological polar surface area (TPSA) is 72.4 Å². The van der Waals surface area contributed by atoms with Crippen molar-refractivity contribution >= 4 is 42.1 Å². The molecule has 1 amide bonds. The predicted octanol–water partition coefficient (Wildman–Crippen LogP) is 1.02. The Morgan fingerprint density at radius 3 is 2.89 bits per heavy atom. The Bertz CT molecular complexity index is 524. The molecule has 1 aromatic heterocycles. The maximum absolute atomic E-state index is 11.9. The fraction of sp³-hybridized carbons (Fsp3) is 0.455. The summed E-state index contributed by atoms with van der Waals surface area (Å²) in [6.45, 7) is 0.427. The van der Waals surface area contributed by atoms with Crippen molar-refractivity contribution in [3.63, 3.8) is 0 Å². The molecule has 0 bridgehead atoms. The molecule has 2 rings (SSSR count). The van der Waals surface area contributed by atoms with E-state index in [0.29, 0.717) is 23.9 Å². The van der Waals surface area contributed by atoms with Crippen LogP contribution in [0.3, 0.4) is 0 Å². The Balaban J connectivity index is 2.46. The molecular weight excluding hydrogens is 286 g/mol. The van der Waals surface area contributed by atoms with Gasteiger partial charge in [0.05, 0.1) is 7.11 Å². The molecule has 1 fully saturated rings. The summed E-state index contributed by atoms with van der Waals surface area (Å²) in [4.78, 5) is 33.4. The second-order valence-corrected chi connectivity index (χ2v) is 5.45. The molecule has 1 aliphatic rings. The van der Waals surface area contributed by atoms with Gasteiger partial charge in [-0.2, -0.15) is 12.6 Å². The Morgan fingerprint density at radius 1 is 1.63 bits per heavy atom. The van der Waals surface area contributed by atoms with E-state index in [4.69, 9.17) is 0 Å². The molecule has 0 radical (unpaired) electrons. The van der Waals surface area contributed by atoms with Crippen molar-refractivity contribution in [2.75, 3.05) is 24.8 Å². The van der Waals surface area contributed by atoms with Crippen LogP contribution in [0.4, 0.5) is 5.82 Å². The number of rotatable bonds is 3. The van der Waals surface area contributed by atoms with E-state index < -0.39 is 5.97 Å². The van der Waals surface area contributed by atoms with Crippen LogP contribution in [0.1, 0.15) is 16.8 Å². The summed E-state index contributed by atoms with van der Waals surface area (Å²) >= 11 is 5.63. The first-order valence-electron chi connectivity index (χ1n) is 5.54. The minimum Gasteiger partial charge on any atom is -0.465 e. The maximum atomic E-state index is 11.9. The van der Waals surface area contributed by atoms with Crippen LogP contribution in [0.5, 0.6) is 0 Å². The van der Waals surface area contributed by atoms with Gasteiger partial charge in [-0.25, -0.2) is 14.8 Å². The summed E-state index contributed by atoms with van der Waals surface area (Å²) < 4.78 is 4.69. The van der Waals surface area contributed by atoms with Gasteiger partial charge in [0.15, 0.2) is 11.0 Å². The molecule has 0 spiro atoms.